The van der Waals surface area contributed by atoms with Gasteiger partial charge in [0.1, 0.15) is 6.04 Å². The predicted molar refractivity (Wildman–Crippen MR) is 171 cm³/mol. The zero-order valence-corrected chi connectivity index (χ0v) is 26.7. The van der Waals surface area contributed by atoms with Crippen molar-refractivity contribution < 1.29 is 18.0 Å². The number of nitrogens with one attached hydrogen (secondary N) is 1. The number of nitrogens with zero attached hydrogens (tertiary/aromatic N) is 2. The molecule has 1 N–H and O–H groups in total. The highest BCUT2D eigenvalue weighted by Gasteiger charge is 2.31. The molecular weight excluding hydrogens is 570 g/mol. The standard InChI is InChI=1S/C33H42ClN3O4S/c1-6-25(3)35-33(39)31(22-27-15-8-7-9-16-27)36(23-28-17-11-10-14-24(28)2)32(38)20-13-21-37(42(5,40)41)30-19-12-18-29(34)26(30)4/h7-12,14-19,25,31H,6,13,20-23H2,1-5H3,(H,35,39)/t25-,31+/m1/s1. The third-order valence-electron chi connectivity index (χ3n) is 7.53. The highest BCUT2D eigenvalue weighted by Crippen LogP contribution is 2.28. The Kier molecular flexibility index (Phi) is 12.0. The zero-order valence-electron chi connectivity index (χ0n) is 25.1. The van der Waals surface area contributed by atoms with Gasteiger partial charge in [0.2, 0.25) is 21.8 Å². The molecule has 0 saturated carbocycles. The lowest BCUT2D eigenvalue weighted by molar-refractivity contribution is -0.141. The van der Waals surface area contributed by atoms with E-state index in [9.17, 15) is 18.0 Å². The lowest BCUT2D eigenvalue weighted by atomic mass is 10.0. The van der Waals surface area contributed by atoms with Gasteiger partial charge in [0.15, 0.2) is 0 Å². The molecule has 0 radical (unpaired) electrons. The van der Waals surface area contributed by atoms with E-state index in [4.69, 9.17) is 11.6 Å². The molecule has 2 atom stereocenters. The van der Waals surface area contributed by atoms with Crippen LogP contribution in [0.2, 0.25) is 5.02 Å². The summed E-state index contributed by atoms with van der Waals surface area (Å²) in [5.41, 5.74) is 4.07. The zero-order chi connectivity index (χ0) is 30.9. The highest BCUT2D eigenvalue weighted by atomic mass is 35.5. The summed E-state index contributed by atoms with van der Waals surface area (Å²) >= 11 is 6.28. The van der Waals surface area contributed by atoms with Gasteiger partial charge in [0.05, 0.1) is 11.9 Å². The van der Waals surface area contributed by atoms with E-state index in [1.165, 1.54) is 4.31 Å². The molecule has 3 aromatic rings. The highest BCUT2D eigenvalue weighted by molar-refractivity contribution is 7.92. The van der Waals surface area contributed by atoms with Crippen molar-refractivity contribution in [1.29, 1.82) is 0 Å². The molecule has 0 aliphatic carbocycles. The van der Waals surface area contributed by atoms with E-state index >= 15 is 0 Å². The van der Waals surface area contributed by atoms with Gasteiger partial charge in [-0.2, -0.15) is 0 Å². The number of halogens is 1. The Bertz CT molecular complexity index is 1460. The number of sulfonamides is 1. The lowest BCUT2D eigenvalue weighted by Crippen LogP contribution is -2.52. The van der Waals surface area contributed by atoms with Crippen molar-refractivity contribution in [2.45, 2.75) is 72.0 Å². The summed E-state index contributed by atoms with van der Waals surface area (Å²) in [6.45, 7) is 8.08. The number of benzene rings is 3. The summed E-state index contributed by atoms with van der Waals surface area (Å²) in [6.07, 6.45) is 2.61. The van der Waals surface area contributed by atoms with Crippen molar-refractivity contribution in [3.05, 3.63) is 100 Å². The largest absolute Gasteiger partial charge is 0.352 e. The summed E-state index contributed by atoms with van der Waals surface area (Å²) in [7, 11) is -3.63. The SMILES string of the molecule is CC[C@@H](C)NC(=O)[C@H](Cc1ccccc1)N(Cc1ccccc1C)C(=O)CCCN(c1cccc(Cl)c1C)S(C)(=O)=O. The topological polar surface area (TPSA) is 86.8 Å². The van der Waals surface area contributed by atoms with Gasteiger partial charge in [-0.25, -0.2) is 8.42 Å². The maximum Gasteiger partial charge on any atom is 0.243 e. The number of hydrogen-bond donors (Lipinski definition) is 1. The number of carbonyl (C=O) groups is 2. The normalized spacial score (nSPS) is 12.8. The second kappa shape index (κ2) is 15.2. The van der Waals surface area contributed by atoms with Crippen LogP contribution in [0.15, 0.2) is 72.8 Å². The molecule has 0 aliphatic heterocycles. The quantitative estimate of drug-likeness (QED) is 0.240. The molecule has 3 rings (SSSR count). The van der Waals surface area contributed by atoms with Gasteiger partial charge >= 0.3 is 0 Å². The molecule has 0 bridgehead atoms. The van der Waals surface area contributed by atoms with Gasteiger partial charge in [0, 0.05) is 37.0 Å². The van der Waals surface area contributed by atoms with Crippen LogP contribution in [0.25, 0.3) is 0 Å². The molecule has 226 valence electrons. The Balaban J connectivity index is 1.92. The fourth-order valence-electron chi connectivity index (χ4n) is 4.81. The van der Waals surface area contributed by atoms with E-state index in [1.807, 2.05) is 75.4 Å². The predicted octanol–water partition coefficient (Wildman–Crippen LogP) is 6.06. The Morgan fingerprint density at radius 1 is 0.952 bits per heavy atom. The molecule has 0 saturated heterocycles. The van der Waals surface area contributed by atoms with E-state index < -0.39 is 16.1 Å². The molecule has 0 unspecified atom stereocenters. The van der Waals surface area contributed by atoms with Crippen molar-refractivity contribution in [2.75, 3.05) is 17.1 Å². The smallest absolute Gasteiger partial charge is 0.243 e. The fraction of sp³-hybridized carbons (Fsp3) is 0.394. The fourth-order valence-corrected chi connectivity index (χ4v) is 6.00. The number of amides is 2. The van der Waals surface area contributed by atoms with Crippen LogP contribution in [0.4, 0.5) is 5.69 Å². The van der Waals surface area contributed by atoms with Crippen LogP contribution in [-0.2, 0) is 32.6 Å². The monoisotopic (exact) mass is 611 g/mol. The minimum atomic E-state index is -3.63. The van der Waals surface area contributed by atoms with E-state index in [0.29, 0.717) is 22.7 Å². The van der Waals surface area contributed by atoms with E-state index in [1.54, 1.807) is 30.0 Å². The summed E-state index contributed by atoms with van der Waals surface area (Å²) < 4.78 is 26.8. The van der Waals surface area contributed by atoms with E-state index in [2.05, 4.69) is 5.32 Å². The molecule has 0 fully saturated rings. The molecule has 0 aromatic heterocycles. The van der Waals surface area contributed by atoms with E-state index in [-0.39, 0.29) is 43.8 Å². The number of aryl methyl sites for hydroxylation is 1. The summed E-state index contributed by atoms with van der Waals surface area (Å²) in [4.78, 5) is 29.4. The van der Waals surface area contributed by atoms with Gasteiger partial charge in [-0.3, -0.25) is 13.9 Å². The number of carbonyl (C=O) groups excluding carboxylic acids is 2. The van der Waals surface area contributed by atoms with Crippen molar-refractivity contribution in [1.82, 2.24) is 10.2 Å². The average molecular weight is 612 g/mol. The van der Waals surface area contributed by atoms with Crippen LogP contribution < -0.4 is 9.62 Å². The molecule has 7 nitrogen and oxygen atoms in total. The summed E-state index contributed by atoms with van der Waals surface area (Å²) in [6, 6.07) is 21.8. The Hall–Kier alpha value is -3.36. The summed E-state index contributed by atoms with van der Waals surface area (Å²) in [5.74, 6) is -0.419. The molecule has 0 spiro atoms. The molecule has 3 aromatic carbocycles. The Morgan fingerprint density at radius 3 is 2.26 bits per heavy atom. The van der Waals surface area contributed by atoms with Gasteiger partial charge in [0.25, 0.3) is 0 Å². The Morgan fingerprint density at radius 2 is 1.62 bits per heavy atom. The van der Waals surface area contributed by atoms with Gasteiger partial charge in [-0.15, -0.1) is 0 Å². The third-order valence-corrected chi connectivity index (χ3v) is 9.12. The molecule has 0 aliphatic rings. The van der Waals surface area contributed by atoms with Crippen molar-refractivity contribution in [2.24, 2.45) is 0 Å². The van der Waals surface area contributed by atoms with Crippen molar-refractivity contribution in [3.8, 4) is 0 Å². The second-order valence-electron chi connectivity index (χ2n) is 10.8. The lowest BCUT2D eigenvalue weighted by Gasteiger charge is -2.33. The van der Waals surface area contributed by atoms with Crippen molar-refractivity contribution >= 4 is 39.1 Å². The second-order valence-corrected chi connectivity index (χ2v) is 13.1. The summed E-state index contributed by atoms with van der Waals surface area (Å²) in [5, 5.41) is 3.55. The van der Waals surface area contributed by atoms with Gasteiger partial charge < -0.3 is 10.2 Å². The number of rotatable bonds is 14. The van der Waals surface area contributed by atoms with Crippen LogP contribution in [0.1, 0.15) is 55.4 Å². The minimum Gasteiger partial charge on any atom is -0.352 e. The van der Waals surface area contributed by atoms with Crippen molar-refractivity contribution in [3.63, 3.8) is 0 Å². The van der Waals surface area contributed by atoms with Crippen LogP contribution in [0.5, 0.6) is 0 Å². The van der Waals surface area contributed by atoms with Crippen LogP contribution in [0, 0.1) is 13.8 Å². The van der Waals surface area contributed by atoms with Gasteiger partial charge in [-0.1, -0.05) is 79.2 Å². The van der Waals surface area contributed by atoms with Crippen LogP contribution in [-0.4, -0.2) is 50.0 Å². The Labute approximate surface area is 255 Å². The first kappa shape index (κ1) is 33.1. The molecular formula is C33H42ClN3O4S. The van der Waals surface area contributed by atoms with Gasteiger partial charge in [-0.05, 0) is 68.0 Å². The van der Waals surface area contributed by atoms with E-state index in [0.717, 1.165) is 29.4 Å². The van der Waals surface area contributed by atoms with Crippen LogP contribution in [0.3, 0.4) is 0 Å². The minimum absolute atomic E-state index is 0.0459. The third kappa shape index (κ3) is 9.07. The first-order valence-electron chi connectivity index (χ1n) is 14.3. The first-order chi connectivity index (χ1) is 19.9. The van der Waals surface area contributed by atoms with Crippen LogP contribution >= 0.6 is 11.6 Å². The molecule has 0 heterocycles. The first-order valence-corrected chi connectivity index (χ1v) is 16.6. The average Bonchev–Trinajstić information content (AvgIpc) is 2.95. The number of hydrogen-bond acceptors (Lipinski definition) is 4. The molecule has 42 heavy (non-hydrogen) atoms. The maximum atomic E-state index is 14.0. The molecule has 9 heteroatoms. The number of anilines is 1. The molecule has 2 amide bonds. The maximum absolute atomic E-state index is 14.0.